The van der Waals surface area contributed by atoms with E-state index in [1.165, 1.54) is 0 Å². The maximum absolute atomic E-state index is 10.4. The Bertz CT molecular complexity index is 251. The predicted octanol–water partition coefficient (Wildman–Crippen LogP) is 2.58. The van der Waals surface area contributed by atoms with Gasteiger partial charge >= 0.3 is 0 Å². The summed E-state index contributed by atoms with van der Waals surface area (Å²) in [5.74, 6) is 6.36. The lowest BCUT2D eigenvalue weighted by atomic mass is 9.85. The minimum absolute atomic E-state index is 0.389. The Morgan fingerprint density at radius 1 is 0.875 bits per heavy atom. The molecular weight excluding hydrogens is 200 g/mol. The van der Waals surface area contributed by atoms with Gasteiger partial charge in [0.25, 0.3) is 0 Å². The van der Waals surface area contributed by atoms with Crippen LogP contribution in [0.5, 0.6) is 0 Å². The highest BCUT2D eigenvalue weighted by Crippen LogP contribution is 2.24. The number of hydrogen-bond donors (Lipinski definition) is 2. The quantitative estimate of drug-likeness (QED) is 0.723. The first-order chi connectivity index (χ1) is 7.04. The topological polar surface area (TPSA) is 40.5 Å². The lowest BCUT2D eigenvalue weighted by Crippen LogP contribution is -2.31. The monoisotopic (exact) mass is 226 g/mol. The molecule has 0 atom stereocenters. The molecule has 94 valence electrons. The SMILES string of the molecule is CC(C)CC(O)(C#CC(C)(C)O)CC(C)C. The van der Waals surface area contributed by atoms with Crippen LogP contribution in [0.2, 0.25) is 0 Å². The molecule has 0 amide bonds. The Balaban J connectivity index is 4.84. The molecule has 16 heavy (non-hydrogen) atoms. The highest BCUT2D eigenvalue weighted by molar-refractivity contribution is 5.19. The van der Waals surface area contributed by atoms with E-state index in [2.05, 4.69) is 39.5 Å². The van der Waals surface area contributed by atoms with Gasteiger partial charge in [-0.25, -0.2) is 0 Å². The zero-order chi connectivity index (χ0) is 13.0. The summed E-state index contributed by atoms with van der Waals surface area (Å²) in [5.41, 5.74) is -2.01. The van der Waals surface area contributed by atoms with Crippen LogP contribution < -0.4 is 0 Å². The van der Waals surface area contributed by atoms with Crippen molar-refractivity contribution in [1.82, 2.24) is 0 Å². The third-order valence-corrected chi connectivity index (χ3v) is 2.09. The predicted molar refractivity (Wildman–Crippen MR) is 67.9 cm³/mol. The zero-order valence-electron chi connectivity index (χ0n) is 11.5. The van der Waals surface area contributed by atoms with Gasteiger partial charge in [0.05, 0.1) is 0 Å². The third-order valence-electron chi connectivity index (χ3n) is 2.09. The minimum atomic E-state index is -1.04. The summed E-state index contributed by atoms with van der Waals surface area (Å²) in [4.78, 5) is 0. The van der Waals surface area contributed by atoms with E-state index < -0.39 is 11.2 Å². The van der Waals surface area contributed by atoms with Crippen LogP contribution in [0.25, 0.3) is 0 Å². The first kappa shape index (κ1) is 15.5. The molecule has 0 heterocycles. The highest BCUT2D eigenvalue weighted by atomic mass is 16.3. The lowest BCUT2D eigenvalue weighted by Gasteiger charge is -2.26. The first-order valence-electron chi connectivity index (χ1n) is 6.03. The van der Waals surface area contributed by atoms with Crippen molar-refractivity contribution in [1.29, 1.82) is 0 Å². The minimum Gasteiger partial charge on any atom is -0.378 e. The van der Waals surface area contributed by atoms with Crippen LogP contribution >= 0.6 is 0 Å². The van der Waals surface area contributed by atoms with Gasteiger partial charge in [0, 0.05) is 0 Å². The molecule has 0 aliphatic heterocycles. The van der Waals surface area contributed by atoms with Crippen LogP contribution in [0.4, 0.5) is 0 Å². The van der Waals surface area contributed by atoms with Crippen LogP contribution in [-0.4, -0.2) is 21.4 Å². The summed E-state index contributed by atoms with van der Waals surface area (Å²) >= 11 is 0. The summed E-state index contributed by atoms with van der Waals surface area (Å²) in [6, 6.07) is 0. The lowest BCUT2D eigenvalue weighted by molar-refractivity contribution is 0.0552. The second kappa shape index (κ2) is 5.70. The van der Waals surface area contributed by atoms with Gasteiger partial charge in [0.1, 0.15) is 11.2 Å². The van der Waals surface area contributed by atoms with E-state index in [-0.39, 0.29) is 0 Å². The molecule has 0 spiro atoms. The first-order valence-corrected chi connectivity index (χ1v) is 6.03. The molecule has 0 rings (SSSR count). The van der Waals surface area contributed by atoms with Gasteiger partial charge in [-0.2, -0.15) is 0 Å². The number of rotatable bonds is 4. The van der Waals surface area contributed by atoms with Crippen LogP contribution in [0.15, 0.2) is 0 Å². The van der Waals surface area contributed by atoms with Gasteiger partial charge in [0.15, 0.2) is 0 Å². The average Bonchev–Trinajstić information content (AvgIpc) is 1.96. The van der Waals surface area contributed by atoms with E-state index in [4.69, 9.17) is 0 Å². The van der Waals surface area contributed by atoms with Gasteiger partial charge in [-0.15, -0.1) is 0 Å². The van der Waals surface area contributed by atoms with Crippen molar-refractivity contribution in [3.8, 4) is 11.8 Å². The summed E-state index contributed by atoms with van der Waals surface area (Å²) in [6.45, 7) is 11.5. The van der Waals surface area contributed by atoms with Crippen LogP contribution in [-0.2, 0) is 0 Å². The standard InChI is InChI=1S/C14H26O2/c1-11(2)9-14(16,10-12(3)4)8-7-13(5,6)15/h11-12,15-16H,9-10H2,1-6H3. The fraction of sp³-hybridized carbons (Fsp3) is 0.857. The molecule has 0 radical (unpaired) electrons. The second-order valence-electron chi connectivity index (χ2n) is 6.04. The molecule has 0 saturated heterocycles. The Morgan fingerprint density at radius 3 is 1.50 bits per heavy atom. The number of hydrogen-bond acceptors (Lipinski definition) is 2. The molecule has 2 heteroatoms. The van der Waals surface area contributed by atoms with E-state index in [9.17, 15) is 10.2 Å². The van der Waals surface area contributed by atoms with Gasteiger partial charge in [0.2, 0.25) is 0 Å². The highest BCUT2D eigenvalue weighted by Gasteiger charge is 2.27. The molecule has 0 aliphatic rings. The molecule has 0 aliphatic carbocycles. The van der Waals surface area contributed by atoms with Gasteiger partial charge in [-0.1, -0.05) is 39.5 Å². The van der Waals surface area contributed by atoms with Gasteiger partial charge in [-0.3, -0.25) is 0 Å². The fourth-order valence-electron chi connectivity index (χ4n) is 1.81. The van der Waals surface area contributed by atoms with Crippen molar-refractivity contribution in [2.75, 3.05) is 0 Å². The van der Waals surface area contributed by atoms with E-state index in [0.29, 0.717) is 24.7 Å². The van der Waals surface area contributed by atoms with Crippen molar-refractivity contribution in [2.24, 2.45) is 11.8 Å². The molecule has 0 aromatic rings. The summed E-state index contributed by atoms with van der Waals surface area (Å²) in [7, 11) is 0. The molecule has 0 fully saturated rings. The number of aliphatic hydroxyl groups is 2. The summed E-state index contributed by atoms with van der Waals surface area (Å²) < 4.78 is 0. The van der Waals surface area contributed by atoms with Crippen LogP contribution in [0.1, 0.15) is 54.4 Å². The second-order valence-corrected chi connectivity index (χ2v) is 6.04. The van der Waals surface area contributed by atoms with E-state index in [1.807, 2.05) is 0 Å². The summed E-state index contributed by atoms with van der Waals surface area (Å²) in [5, 5.41) is 20.0. The van der Waals surface area contributed by atoms with Crippen molar-refractivity contribution in [3.05, 3.63) is 0 Å². The zero-order valence-corrected chi connectivity index (χ0v) is 11.5. The normalized spacial score (nSPS) is 12.9. The third kappa shape index (κ3) is 7.73. The molecule has 2 nitrogen and oxygen atoms in total. The average molecular weight is 226 g/mol. The molecular formula is C14H26O2. The van der Waals surface area contributed by atoms with Gasteiger partial charge < -0.3 is 10.2 Å². The van der Waals surface area contributed by atoms with E-state index >= 15 is 0 Å². The Morgan fingerprint density at radius 2 is 1.25 bits per heavy atom. The molecule has 0 unspecified atom stereocenters. The molecule has 0 bridgehead atoms. The van der Waals surface area contributed by atoms with Crippen LogP contribution in [0.3, 0.4) is 0 Å². The Hall–Kier alpha value is -0.520. The van der Waals surface area contributed by atoms with Crippen molar-refractivity contribution >= 4 is 0 Å². The molecule has 2 N–H and O–H groups in total. The summed E-state index contributed by atoms with van der Waals surface area (Å²) in [6.07, 6.45) is 1.29. The van der Waals surface area contributed by atoms with Crippen molar-refractivity contribution < 1.29 is 10.2 Å². The molecule has 0 aromatic carbocycles. The smallest absolute Gasteiger partial charge is 0.126 e. The maximum Gasteiger partial charge on any atom is 0.126 e. The molecule has 0 aromatic heterocycles. The van der Waals surface area contributed by atoms with Gasteiger partial charge in [-0.05, 0) is 38.5 Å². The van der Waals surface area contributed by atoms with Crippen LogP contribution in [0, 0.1) is 23.7 Å². The van der Waals surface area contributed by atoms with Crippen molar-refractivity contribution in [2.45, 2.75) is 65.6 Å². The maximum atomic E-state index is 10.4. The largest absolute Gasteiger partial charge is 0.378 e. The van der Waals surface area contributed by atoms with Crippen molar-refractivity contribution in [3.63, 3.8) is 0 Å². The fourth-order valence-corrected chi connectivity index (χ4v) is 1.81. The van der Waals surface area contributed by atoms with E-state index in [1.54, 1.807) is 13.8 Å². The molecule has 0 saturated carbocycles. The Labute approximate surface area is 100 Å². The Kier molecular flexibility index (Phi) is 5.52. The van der Waals surface area contributed by atoms with E-state index in [0.717, 1.165) is 0 Å².